The fraction of sp³-hybridized carbons (Fsp3) is 0.944. The average molecular weight is 308 g/mol. The van der Waals surface area contributed by atoms with Crippen LogP contribution in [0.2, 0.25) is 0 Å². The lowest BCUT2D eigenvalue weighted by Crippen LogP contribution is -2.49. The van der Waals surface area contributed by atoms with Crippen molar-refractivity contribution in [1.29, 1.82) is 0 Å². The number of hydrogen-bond acceptors (Lipinski definition) is 2. The Hall–Kier alpha value is -0.770. The van der Waals surface area contributed by atoms with Gasteiger partial charge in [0, 0.05) is 25.7 Å². The number of urea groups is 1. The van der Waals surface area contributed by atoms with Crippen LogP contribution < -0.4 is 5.32 Å². The molecule has 3 aliphatic carbocycles. The van der Waals surface area contributed by atoms with Crippen LogP contribution in [0.25, 0.3) is 0 Å². The number of carbonyl (C=O) groups excluding carboxylic acids is 1. The van der Waals surface area contributed by atoms with Gasteiger partial charge in [-0.25, -0.2) is 4.79 Å². The topological polar surface area (TPSA) is 52.6 Å². The third kappa shape index (κ3) is 3.95. The molecule has 4 nitrogen and oxygen atoms in total. The van der Waals surface area contributed by atoms with Crippen molar-refractivity contribution in [3.05, 3.63) is 0 Å². The molecule has 0 heterocycles. The van der Waals surface area contributed by atoms with Crippen molar-refractivity contribution < 1.29 is 9.90 Å². The van der Waals surface area contributed by atoms with Crippen LogP contribution in [0.15, 0.2) is 0 Å². The van der Waals surface area contributed by atoms with Gasteiger partial charge in [0.2, 0.25) is 0 Å². The van der Waals surface area contributed by atoms with E-state index in [4.69, 9.17) is 0 Å². The van der Waals surface area contributed by atoms with E-state index in [2.05, 4.69) is 5.32 Å². The number of aliphatic hydroxyl groups is 1. The maximum atomic E-state index is 12.5. The molecule has 2 amide bonds. The van der Waals surface area contributed by atoms with Crippen molar-refractivity contribution in [3.63, 3.8) is 0 Å². The Kier molecular flexibility index (Phi) is 5.27. The van der Waals surface area contributed by atoms with Crippen LogP contribution in [-0.2, 0) is 0 Å². The lowest BCUT2D eigenvalue weighted by atomic mass is 9.82. The number of nitrogens with one attached hydrogen (secondary N) is 1. The van der Waals surface area contributed by atoms with E-state index < -0.39 is 0 Å². The normalized spacial score (nSPS) is 35.9. The highest BCUT2D eigenvalue weighted by Crippen LogP contribution is 2.43. The second-order valence-corrected chi connectivity index (χ2v) is 7.88. The fourth-order valence-electron chi connectivity index (χ4n) is 4.51. The molecule has 0 radical (unpaired) electrons. The smallest absolute Gasteiger partial charge is 0.317 e. The maximum absolute atomic E-state index is 12.5. The van der Waals surface area contributed by atoms with Crippen molar-refractivity contribution in [1.82, 2.24) is 10.2 Å². The summed E-state index contributed by atoms with van der Waals surface area (Å²) in [6.07, 6.45) is 12.0. The molecule has 4 heteroatoms. The zero-order chi connectivity index (χ0) is 15.5. The molecule has 0 aromatic heterocycles. The maximum Gasteiger partial charge on any atom is 0.317 e. The first-order chi connectivity index (χ1) is 10.7. The molecule has 2 atom stereocenters. The van der Waals surface area contributed by atoms with Gasteiger partial charge in [0.25, 0.3) is 0 Å². The molecule has 0 aliphatic heterocycles. The molecular weight excluding hydrogens is 276 g/mol. The highest BCUT2D eigenvalue weighted by Gasteiger charge is 2.35. The number of amides is 2. The van der Waals surface area contributed by atoms with E-state index in [-0.39, 0.29) is 6.03 Å². The van der Waals surface area contributed by atoms with Crippen molar-refractivity contribution in [3.8, 4) is 0 Å². The highest BCUT2D eigenvalue weighted by molar-refractivity contribution is 5.74. The highest BCUT2D eigenvalue weighted by atomic mass is 16.3. The number of aliphatic hydroxyl groups excluding tert-OH is 1. The van der Waals surface area contributed by atoms with Gasteiger partial charge in [-0.05, 0) is 69.1 Å². The third-order valence-electron chi connectivity index (χ3n) is 6.27. The first kappa shape index (κ1) is 16.1. The quantitative estimate of drug-likeness (QED) is 0.838. The zero-order valence-electron chi connectivity index (χ0n) is 14.0. The van der Waals surface area contributed by atoms with Crippen LogP contribution in [-0.4, -0.2) is 41.8 Å². The molecule has 0 aromatic rings. The first-order valence-corrected chi connectivity index (χ1v) is 9.31. The molecule has 22 heavy (non-hydrogen) atoms. The lowest BCUT2D eigenvalue weighted by Gasteiger charge is -2.36. The van der Waals surface area contributed by atoms with Gasteiger partial charge in [0.15, 0.2) is 0 Å². The van der Waals surface area contributed by atoms with Gasteiger partial charge in [-0.3, -0.25) is 0 Å². The molecule has 2 N–H and O–H groups in total. The van der Waals surface area contributed by atoms with Gasteiger partial charge in [-0.1, -0.05) is 12.8 Å². The Morgan fingerprint density at radius 2 is 1.77 bits per heavy atom. The van der Waals surface area contributed by atoms with Crippen molar-refractivity contribution in [2.24, 2.45) is 17.8 Å². The predicted octanol–water partition coefficient (Wildman–Crippen LogP) is 3.15. The average Bonchev–Trinajstić information content (AvgIpc) is 3.39. The first-order valence-electron chi connectivity index (χ1n) is 9.31. The van der Waals surface area contributed by atoms with Crippen LogP contribution in [0.1, 0.15) is 64.2 Å². The van der Waals surface area contributed by atoms with Gasteiger partial charge in [-0.15, -0.1) is 0 Å². The minimum absolute atomic E-state index is 0.119. The Labute approximate surface area is 134 Å². The van der Waals surface area contributed by atoms with Gasteiger partial charge >= 0.3 is 6.03 Å². The van der Waals surface area contributed by atoms with Gasteiger partial charge < -0.3 is 15.3 Å². The molecule has 0 unspecified atom stereocenters. The molecular formula is C18H32N2O2. The molecule has 126 valence electrons. The van der Waals surface area contributed by atoms with Crippen LogP contribution in [0.5, 0.6) is 0 Å². The third-order valence-corrected chi connectivity index (χ3v) is 6.27. The van der Waals surface area contributed by atoms with Crippen LogP contribution in [0, 0.1) is 17.8 Å². The minimum atomic E-state index is 0.119. The minimum Gasteiger partial charge on any atom is -0.396 e. The Bertz CT molecular complexity index is 375. The summed E-state index contributed by atoms with van der Waals surface area (Å²) in [4.78, 5) is 14.4. The molecule has 0 bridgehead atoms. The Morgan fingerprint density at radius 1 is 1.05 bits per heavy atom. The van der Waals surface area contributed by atoms with Crippen molar-refractivity contribution in [2.45, 2.75) is 76.3 Å². The van der Waals surface area contributed by atoms with Crippen LogP contribution in [0.3, 0.4) is 0 Å². The summed E-state index contributed by atoms with van der Waals surface area (Å²) < 4.78 is 0. The molecule has 0 saturated heterocycles. The fourth-order valence-corrected chi connectivity index (χ4v) is 4.51. The predicted molar refractivity (Wildman–Crippen MR) is 87.6 cm³/mol. The van der Waals surface area contributed by atoms with E-state index in [1.807, 2.05) is 11.9 Å². The summed E-state index contributed by atoms with van der Waals surface area (Å²) in [5, 5.41) is 12.5. The molecule has 3 aliphatic rings. The van der Waals surface area contributed by atoms with Gasteiger partial charge in [0.1, 0.15) is 0 Å². The van der Waals surface area contributed by atoms with E-state index in [1.165, 1.54) is 32.1 Å². The number of carbonyl (C=O) groups is 1. The summed E-state index contributed by atoms with van der Waals surface area (Å²) in [5.74, 6) is 2.28. The van der Waals surface area contributed by atoms with Gasteiger partial charge in [-0.2, -0.15) is 0 Å². The molecule has 3 fully saturated rings. The molecule has 3 saturated carbocycles. The van der Waals surface area contributed by atoms with Crippen molar-refractivity contribution in [2.75, 3.05) is 13.7 Å². The van der Waals surface area contributed by atoms with E-state index in [0.29, 0.717) is 24.6 Å². The summed E-state index contributed by atoms with van der Waals surface area (Å²) in [5.41, 5.74) is 0. The summed E-state index contributed by atoms with van der Waals surface area (Å²) >= 11 is 0. The largest absolute Gasteiger partial charge is 0.396 e. The van der Waals surface area contributed by atoms with E-state index in [1.54, 1.807) is 0 Å². The monoisotopic (exact) mass is 308 g/mol. The van der Waals surface area contributed by atoms with Crippen LogP contribution >= 0.6 is 0 Å². The van der Waals surface area contributed by atoms with E-state index >= 15 is 0 Å². The molecule has 0 spiro atoms. The van der Waals surface area contributed by atoms with Crippen LogP contribution in [0.4, 0.5) is 4.79 Å². The summed E-state index contributed by atoms with van der Waals surface area (Å²) in [7, 11) is 1.94. The van der Waals surface area contributed by atoms with E-state index in [0.717, 1.165) is 43.9 Å². The van der Waals surface area contributed by atoms with Gasteiger partial charge in [0.05, 0.1) is 0 Å². The zero-order valence-corrected chi connectivity index (χ0v) is 14.0. The standard InChI is InChI=1S/C18H32N2O2/c1-20(17-9-5-13(12-21)6-10-17)18(22)19-16-4-2-3-15(11-16)14-7-8-14/h13-17,21H,2-12H2,1H3,(H,19,22)/t13?,15-,16+,17?/m1/s1. The Balaban J connectivity index is 1.44. The SMILES string of the molecule is CN(C(=O)N[C@H]1CCC[C@@H](C2CC2)C1)C1CCC(CO)CC1. The summed E-state index contributed by atoms with van der Waals surface area (Å²) in [6.45, 7) is 0.299. The molecule has 0 aromatic carbocycles. The number of nitrogens with zero attached hydrogens (tertiary/aromatic N) is 1. The lowest BCUT2D eigenvalue weighted by molar-refractivity contribution is 0.130. The number of rotatable bonds is 4. The van der Waals surface area contributed by atoms with E-state index in [9.17, 15) is 9.90 Å². The molecule has 3 rings (SSSR count). The second-order valence-electron chi connectivity index (χ2n) is 7.88. The van der Waals surface area contributed by atoms with Crippen molar-refractivity contribution >= 4 is 6.03 Å². The Morgan fingerprint density at radius 3 is 2.41 bits per heavy atom. The number of hydrogen-bond donors (Lipinski definition) is 2. The summed E-state index contributed by atoms with van der Waals surface area (Å²) in [6, 6.07) is 0.864. The second kappa shape index (κ2) is 7.20.